The van der Waals surface area contributed by atoms with Crippen LogP contribution in [0.15, 0.2) is 267 Å². The van der Waals surface area contributed by atoms with Crippen LogP contribution >= 0.6 is 0 Å². The van der Waals surface area contributed by atoms with Gasteiger partial charge in [0, 0.05) is 33.3 Å². The lowest BCUT2D eigenvalue weighted by Gasteiger charge is -2.32. The van der Waals surface area contributed by atoms with Crippen molar-refractivity contribution >= 4 is 38.9 Å². The second-order valence-electron chi connectivity index (χ2n) is 18.4. The Hall–Kier alpha value is -8.98. The van der Waals surface area contributed by atoms with Crippen LogP contribution in [0.4, 0.5) is 17.1 Å². The van der Waals surface area contributed by atoms with E-state index >= 15 is 0 Å². The summed E-state index contributed by atoms with van der Waals surface area (Å²) in [4.78, 5) is 2.54. The SMILES string of the molecule is c1ccc(-c2ccc(N(c3cccc(-c4ccc5c(c4)c4ccccc4n5-c4ccccc4)c3)c3cccc4c3-c3ccccc3C43c4ccccc4-c4ccccc43)c(-c3ccccc3)c2)cc1. The second kappa shape index (κ2) is 15.6. The summed E-state index contributed by atoms with van der Waals surface area (Å²) in [6.45, 7) is 0. The Balaban J connectivity index is 1.03. The van der Waals surface area contributed by atoms with Crippen LogP contribution in [0.25, 0.3) is 83.1 Å². The monoisotopic (exact) mass is 876 g/mol. The summed E-state index contributed by atoms with van der Waals surface area (Å²) < 4.78 is 2.39. The number of nitrogens with zero attached hydrogens (tertiary/aromatic N) is 2. The Morgan fingerprint density at radius 2 is 0.812 bits per heavy atom. The summed E-state index contributed by atoms with van der Waals surface area (Å²) in [6.07, 6.45) is 0. The van der Waals surface area contributed by atoms with Crippen LogP contribution in [0, 0.1) is 0 Å². The highest BCUT2D eigenvalue weighted by atomic mass is 15.1. The summed E-state index contributed by atoms with van der Waals surface area (Å²) in [5, 5.41) is 2.47. The maximum absolute atomic E-state index is 2.54. The number of aromatic nitrogens is 1. The predicted molar refractivity (Wildman–Crippen MR) is 288 cm³/mol. The molecule has 0 saturated carbocycles. The average molecular weight is 877 g/mol. The van der Waals surface area contributed by atoms with Crippen LogP contribution in [-0.2, 0) is 5.41 Å². The molecule has 322 valence electrons. The molecule has 11 aromatic carbocycles. The first-order valence-electron chi connectivity index (χ1n) is 23.9. The van der Waals surface area contributed by atoms with Gasteiger partial charge in [0.15, 0.2) is 0 Å². The zero-order valence-electron chi connectivity index (χ0n) is 37.8. The van der Waals surface area contributed by atoms with Gasteiger partial charge in [-0.25, -0.2) is 0 Å². The number of rotatable bonds is 7. The minimum absolute atomic E-state index is 0.476. The van der Waals surface area contributed by atoms with Gasteiger partial charge in [-0.3, -0.25) is 0 Å². The first kappa shape index (κ1) is 39.2. The quantitative estimate of drug-likeness (QED) is 0.155. The van der Waals surface area contributed by atoms with Gasteiger partial charge < -0.3 is 9.47 Å². The molecule has 0 saturated heterocycles. The van der Waals surface area contributed by atoms with E-state index in [0.717, 1.165) is 39.4 Å². The zero-order valence-corrected chi connectivity index (χ0v) is 37.8. The number of para-hydroxylation sites is 2. The van der Waals surface area contributed by atoms with Crippen molar-refractivity contribution in [2.24, 2.45) is 0 Å². The molecule has 0 bridgehead atoms. The predicted octanol–water partition coefficient (Wildman–Crippen LogP) is 17.6. The van der Waals surface area contributed by atoms with Gasteiger partial charge >= 0.3 is 0 Å². The lowest BCUT2D eigenvalue weighted by atomic mass is 9.70. The van der Waals surface area contributed by atoms with Gasteiger partial charge in [0.05, 0.1) is 27.8 Å². The van der Waals surface area contributed by atoms with Crippen molar-refractivity contribution in [2.75, 3.05) is 4.90 Å². The molecule has 2 aliphatic rings. The third-order valence-corrected chi connectivity index (χ3v) is 14.8. The van der Waals surface area contributed by atoms with E-state index in [1.54, 1.807) is 0 Å². The van der Waals surface area contributed by atoms with Gasteiger partial charge in [-0.2, -0.15) is 0 Å². The van der Waals surface area contributed by atoms with Crippen LogP contribution in [0.3, 0.4) is 0 Å². The lowest BCUT2D eigenvalue weighted by Crippen LogP contribution is -2.26. The molecule has 2 aliphatic carbocycles. The highest BCUT2D eigenvalue weighted by molar-refractivity contribution is 6.11. The van der Waals surface area contributed by atoms with E-state index in [1.807, 2.05) is 0 Å². The maximum atomic E-state index is 2.54. The zero-order chi connectivity index (χ0) is 45.5. The molecule has 0 N–H and O–H groups in total. The van der Waals surface area contributed by atoms with Crippen LogP contribution in [-0.4, -0.2) is 4.57 Å². The maximum Gasteiger partial charge on any atom is 0.0726 e. The van der Waals surface area contributed by atoms with E-state index in [4.69, 9.17) is 0 Å². The van der Waals surface area contributed by atoms with E-state index in [1.165, 1.54) is 83.0 Å². The van der Waals surface area contributed by atoms with Crippen LogP contribution < -0.4 is 4.90 Å². The van der Waals surface area contributed by atoms with E-state index in [0.29, 0.717) is 0 Å². The van der Waals surface area contributed by atoms with Crippen molar-refractivity contribution in [3.8, 4) is 61.3 Å². The minimum atomic E-state index is -0.476. The molecule has 12 aromatic rings. The summed E-state index contributed by atoms with van der Waals surface area (Å²) >= 11 is 0. The van der Waals surface area contributed by atoms with Gasteiger partial charge in [-0.15, -0.1) is 0 Å². The fourth-order valence-corrected chi connectivity index (χ4v) is 11.9. The molecule has 1 aromatic heterocycles. The molecule has 0 amide bonds. The van der Waals surface area contributed by atoms with Crippen molar-refractivity contribution in [1.29, 1.82) is 0 Å². The van der Waals surface area contributed by atoms with Crippen LogP contribution in [0.5, 0.6) is 0 Å². The fourth-order valence-electron chi connectivity index (χ4n) is 11.9. The molecule has 2 nitrogen and oxygen atoms in total. The smallest absolute Gasteiger partial charge is 0.0726 e. The van der Waals surface area contributed by atoms with Crippen LogP contribution in [0.2, 0.25) is 0 Å². The van der Waals surface area contributed by atoms with E-state index in [2.05, 4.69) is 276 Å². The second-order valence-corrected chi connectivity index (χ2v) is 18.4. The summed E-state index contributed by atoms with van der Waals surface area (Å²) in [5.41, 5.74) is 23.9. The van der Waals surface area contributed by atoms with E-state index < -0.39 is 5.41 Å². The molecule has 0 radical (unpaired) electrons. The molecule has 0 fully saturated rings. The number of fused-ring (bicyclic) bond motifs is 13. The standard InChI is InChI=1S/C67H44N2/c1-4-20-45(21-5-1)48-38-40-63(56(43-48)46-22-6-2-7-23-46)69(51-27-18-24-47(42-51)49-39-41-64-57(44-49)54-30-13-17-36-62(54)68(64)50-25-8-3-9-26-50)65-37-19-35-61-66(65)55-31-12-16-34-60(55)67(61)58-32-14-10-28-52(58)53-29-11-15-33-59(53)67/h1-44H. The normalized spacial score (nSPS) is 12.8. The van der Waals surface area contributed by atoms with Crippen molar-refractivity contribution in [1.82, 2.24) is 4.57 Å². The molecule has 1 spiro atoms. The average Bonchev–Trinajstić information content (AvgIpc) is 4.04. The number of hydrogen-bond donors (Lipinski definition) is 0. The summed E-state index contributed by atoms with van der Waals surface area (Å²) in [5.74, 6) is 0. The molecular weight excluding hydrogens is 833 g/mol. The Labute approximate surface area is 402 Å². The van der Waals surface area contributed by atoms with Gasteiger partial charge in [-0.1, -0.05) is 206 Å². The van der Waals surface area contributed by atoms with E-state index in [9.17, 15) is 0 Å². The highest BCUT2D eigenvalue weighted by Crippen LogP contribution is 2.65. The number of anilines is 3. The van der Waals surface area contributed by atoms with Crippen molar-refractivity contribution < 1.29 is 0 Å². The van der Waals surface area contributed by atoms with Gasteiger partial charge in [-0.05, 0) is 127 Å². The molecule has 2 heteroatoms. The topological polar surface area (TPSA) is 8.17 Å². The Morgan fingerprint density at radius 3 is 1.55 bits per heavy atom. The third kappa shape index (κ3) is 5.86. The Morgan fingerprint density at radius 1 is 0.290 bits per heavy atom. The molecular formula is C67H44N2. The highest BCUT2D eigenvalue weighted by Gasteiger charge is 2.52. The van der Waals surface area contributed by atoms with Gasteiger partial charge in [0.1, 0.15) is 0 Å². The first-order chi connectivity index (χ1) is 34.3. The van der Waals surface area contributed by atoms with E-state index in [-0.39, 0.29) is 0 Å². The van der Waals surface area contributed by atoms with Crippen molar-refractivity contribution in [2.45, 2.75) is 5.41 Å². The Kier molecular flexibility index (Phi) is 8.84. The molecule has 0 unspecified atom stereocenters. The van der Waals surface area contributed by atoms with Crippen molar-refractivity contribution in [3.05, 3.63) is 289 Å². The summed E-state index contributed by atoms with van der Waals surface area (Å²) in [6, 6.07) is 98.7. The fraction of sp³-hybridized carbons (Fsp3) is 0.0149. The molecule has 14 rings (SSSR count). The third-order valence-electron chi connectivity index (χ3n) is 14.8. The molecule has 1 heterocycles. The largest absolute Gasteiger partial charge is 0.309 e. The van der Waals surface area contributed by atoms with Crippen molar-refractivity contribution in [3.63, 3.8) is 0 Å². The van der Waals surface area contributed by atoms with Crippen LogP contribution in [0.1, 0.15) is 22.3 Å². The molecule has 69 heavy (non-hydrogen) atoms. The lowest BCUT2D eigenvalue weighted by molar-refractivity contribution is 0.794. The van der Waals surface area contributed by atoms with Gasteiger partial charge in [0.25, 0.3) is 0 Å². The minimum Gasteiger partial charge on any atom is -0.309 e. The number of benzene rings is 11. The first-order valence-corrected chi connectivity index (χ1v) is 23.9. The Bertz CT molecular complexity index is 3910. The molecule has 0 atom stereocenters. The summed E-state index contributed by atoms with van der Waals surface area (Å²) in [7, 11) is 0. The van der Waals surface area contributed by atoms with Gasteiger partial charge in [0.2, 0.25) is 0 Å². The molecule has 0 aliphatic heterocycles. The number of hydrogen-bond acceptors (Lipinski definition) is 1.